The lowest BCUT2D eigenvalue weighted by Gasteiger charge is -2.37. The Morgan fingerprint density at radius 3 is 2.56 bits per heavy atom. The number of likely N-dealkylation sites (N-methyl/N-ethyl adjacent to an activating group) is 1. The Morgan fingerprint density at radius 1 is 1.07 bits per heavy atom. The number of likely N-dealkylation sites (tertiary alicyclic amines) is 1. The lowest BCUT2D eigenvalue weighted by molar-refractivity contribution is -0.149. The molecule has 0 aromatic carbocycles. The van der Waals surface area contributed by atoms with Gasteiger partial charge in [0.1, 0.15) is 12.1 Å². The maximum atomic E-state index is 14.2. The van der Waals surface area contributed by atoms with E-state index in [1.54, 1.807) is 4.90 Å². The molecule has 0 radical (unpaired) electrons. The third-order valence-electron chi connectivity index (χ3n) is 12.7. The van der Waals surface area contributed by atoms with Gasteiger partial charge in [0, 0.05) is 43.3 Å². The minimum Gasteiger partial charge on any atom is -0.391 e. The predicted molar refractivity (Wildman–Crippen MR) is 168 cm³/mol. The first kappa shape index (κ1) is 30.1. The number of rotatable bonds is 8. The molecule has 9 heteroatoms. The van der Waals surface area contributed by atoms with Gasteiger partial charge in [0.2, 0.25) is 17.7 Å². The van der Waals surface area contributed by atoms with E-state index in [1.165, 1.54) is 37.7 Å². The number of alkyl halides is 1. The average Bonchev–Trinajstić information content (AvgIpc) is 3.72. The number of aliphatic hydroxyl groups is 1. The zero-order valence-electron chi connectivity index (χ0n) is 25.8. The average molecular weight is 660 g/mol. The van der Waals surface area contributed by atoms with Gasteiger partial charge in [-0.1, -0.05) is 41.6 Å². The fraction of sp³-hybridized carbons (Fsp3) is 0.853. The number of β-amino-alcohol motifs (C(OH)–C–C–N with tert-alkyl or cyclic N) is 1. The molecular formula is C34H51BrN4O4. The first-order valence-corrected chi connectivity index (χ1v) is 18.3. The summed E-state index contributed by atoms with van der Waals surface area (Å²) in [6.07, 6.45) is 16.9. The molecule has 0 spiro atoms. The van der Waals surface area contributed by atoms with Gasteiger partial charge in [0.25, 0.3) is 0 Å². The first-order chi connectivity index (χ1) is 20.7. The number of hydrogen-bond donors (Lipinski definition) is 3. The summed E-state index contributed by atoms with van der Waals surface area (Å²) in [7, 11) is 1.88. The quantitative estimate of drug-likeness (QED) is 0.341. The van der Waals surface area contributed by atoms with Gasteiger partial charge in [-0.3, -0.25) is 14.4 Å². The molecule has 1 saturated heterocycles. The Morgan fingerprint density at radius 2 is 1.79 bits per heavy atom. The molecular weight excluding hydrogens is 608 g/mol. The van der Waals surface area contributed by atoms with Crippen LogP contribution in [0.3, 0.4) is 0 Å². The fourth-order valence-corrected chi connectivity index (χ4v) is 11.6. The van der Waals surface area contributed by atoms with E-state index < -0.39 is 18.2 Å². The van der Waals surface area contributed by atoms with Crippen LogP contribution in [0.4, 0.5) is 0 Å². The van der Waals surface area contributed by atoms with Crippen molar-refractivity contribution in [2.24, 2.45) is 35.0 Å². The maximum absolute atomic E-state index is 14.2. The maximum Gasteiger partial charge on any atom is 0.245 e. The number of aliphatic hydroxyl groups excluding tert-OH is 1. The second-order valence-electron chi connectivity index (χ2n) is 15.5. The van der Waals surface area contributed by atoms with Gasteiger partial charge in [-0.25, -0.2) is 0 Å². The van der Waals surface area contributed by atoms with Crippen LogP contribution in [0.25, 0.3) is 0 Å². The van der Waals surface area contributed by atoms with Crippen LogP contribution in [0, 0.1) is 35.0 Å². The summed E-state index contributed by atoms with van der Waals surface area (Å²) in [4.78, 5) is 46.4. The Hall–Kier alpha value is -1.61. The number of halogens is 1. The SMILES string of the molecule is CN(CC1CCCCC1Br)C(=O)C(CC1=CNC2CCCCC12)NC(=O)C1C[C@@H](O)CN1C(=O)C12CC3CC(CC1C3)C2. The van der Waals surface area contributed by atoms with Crippen molar-refractivity contribution in [3.63, 3.8) is 0 Å². The van der Waals surface area contributed by atoms with Gasteiger partial charge < -0.3 is 25.5 Å². The zero-order valence-corrected chi connectivity index (χ0v) is 27.4. The molecule has 8 rings (SSSR count). The van der Waals surface area contributed by atoms with E-state index in [2.05, 4.69) is 32.8 Å². The Kier molecular flexibility index (Phi) is 8.36. The van der Waals surface area contributed by atoms with Crippen molar-refractivity contribution in [1.82, 2.24) is 20.4 Å². The molecule has 0 aromatic heterocycles. The normalized spacial score (nSPS) is 41.9. The molecule has 238 valence electrons. The van der Waals surface area contributed by atoms with Crippen LogP contribution in [0.15, 0.2) is 11.8 Å². The van der Waals surface area contributed by atoms with E-state index in [-0.39, 0.29) is 36.1 Å². The molecule has 8 unspecified atom stereocenters. The van der Waals surface area contributed by atoms with E-state index in [4.69, 9.17) is 0 Å². The van der Waals surface area contributed by atoms with Crippen molar-refractivity contribution in [2.45, 2.75) is 125 Å². The lowest BCUT2D eigenvalue weighted by atomic mass is 9.74. The summed E-state index contributed by atoms with van der Waals surface area (Å²) in [5.41, 5.74) is 0.888. The minimum atomic E-state index is -0.723. The Bertz CT molecular complexity index is 1130. The van der Waals surface area contributed by atoms with Crippen LogP contribution in [0.2, 0.25) is 0 Å². The van der Waals surface area contributed by atoms with Gasteiger partial charge in [-0.05, 0) is 99.7 Å². The van der Waals surface area contributed by atoms with Crippen LogP contribution in [-0.2, 0) is 14.4 Å². The van der Waals surface area contributed by atoms with E-state index >= 15 is 0 Å². The lowest BCUT2D eigenvalue weighted by Crippen LogP contribution is -2.56. The molecule has 2 heterocycles. The summed E-state index contributed by atoms with van der Waals surface area (Å²) in [5.74, 6) is 2.27. The van der Waals surface area contributed by atoms with Gasteiger partial charge >= 0.3 is 0 Å². The third-order valence-corrected chi connectivity index (χ3v) is 13.9. The smallest absolute Gasteiger partial charge is 0.245 e. The van der Waals surface area contributed by atoms with Gasteiger partial charge in [-0.2, -0.15) is 0 Å². The highest BCUT2D eigenvalue weighted by Crippen LogP contribution is 2.66. The number of nitrogens with one attached hydrogen (secondary N) is 2. The summed E-state index contributed by atoms with van der Waals surface area (Å²) in [6, 6.07) is -0.979. The molecule has 6 saturated carbocycles. The monoisotopic (exact) mass is 658 g/mol. The van der Waals surface area contributed by atoms with Crippen LogP contribution in [0.5, 0.6) is 0 Å². The molecule has 8 nitrogen and oxygen atoms in total. The van der Waals surface area contributed by atoms with Gasteiger partial charge in [0.15, 0.2) is 0 Å². The molecule has 2 aliphatic heterocycles. The highest BCUT2D eigenvalue weighted by molar-refractivity contribution is 9.09. The van der Waals surface area contributed by atoms with E-state index in [0.717, 1.165) is 51.4 Å². The van der Waals surface area contributed by atoms with E-state index in [9.17, 15) is 19.5 Å². The number of hydrogen-bond acceptors (Lipinski definition) is 5. The van der Waals surface area contributed by atoms with Crippen molar-refractivity contribution >= 4 is 33.7 Å². The van der Waals surface area contributed by atoms with Gasteiger partial charge in [-0.15, -0.1) is 0 Å². The van der Waals surface area contributed by atoms with E-state index in [1.807, 2.05) is 11.9 Å². The number of carbonyl (C=O) groups excluding carboxylic acids is 3. The number of fused-ring (bicyclic) bond motifs is 1. The van der Waals surface area contributed by atoms with Crippen molar-refractivity contribution in [2.75, 3.05) is 20.1 Å². The van der Waals surface area contributed by atoms with Crippen molar-refractivity contribution in [3.8, 4) is 0 Å². The molecule has 3 N–H and O–H groups in total. The van der Waals surface area contributed by atoms with Crippen LogP contribution >= 0.6 is 15.9 Å². The highest BCUT2D eigenvalue weighted by Gasteiger charge is 2.63. The second kappa shape index (κ2) is 12.0. The largest absolute Gasteiger partial charge is 0.391 e. The molecule has 0 aromatic rings. The van der Waals surface area contributed by atoms with Crippen LogP contribution in [-0.4, -0.2) is 81.8 Å². The molecule has 3 amide bonds. The summed E-state index contributed by atoms with van der Waals surface area (Å²) in [5, 5.41) is 17.5. The zero-order chi connectivity index (χ0) is 29.9. The molecule has 4 bridgehead atoms. The standard InChI is InChI=1S/C34H51BrN4O4/c1-38(18-22-6-2-4-8-27(22)35)32(42)29(13-23-17-36-28-9-5-3-7-26(23)28)37-31(41)30-14-25(40)19-39(30)33(43)34-15-20-10-21(16-34)12-24(34)11-20/h17,20-22,24-30,36,40H,2-16,18-19H2,1H3,(H,37,41)/t20?,21?,22?,24?,25-,26?,27?,28?,29?,30?,34?/m1/s1. The van der Waals surface area contributed by atoms with E-state index in [0.29, 0.717) is 53.4 Å². The molecule has 7 fully saturated rings. The predicted octanol–water partition coefficient (Wildman–Crippen LogP) is 4.11. The van der Waals surface area contributed by atoms with Gasteiger partial charge in [0.05, 0.1) is 11.5 Å². The summed E-state index contributed by atoms with van der Waals surface area (Å²) in [6.45, 7) is 0.885. The molecule has 43 heavy (non-hydrogen) atoms. The molecule has 8 aliphatic rings. The molecule has 6 aliphatic carbocycles. The third kappa shape index (κ3) is 5.57. The topological polar surface area (TPSA) is 102 Å². The number of carbonyl (C=O) groups is 3. The molecule has 9 atom stereocenters. The van der Waals surface area contributed by atoms with Crippen LogP contribution < -0.4 is 10.6 Å². The van der Waals surface area contributed by atoms with Crippen LogP contribution in [0.1, 0.15) is 96.3 Å². The van der Waals surface area contributed by atoms with Crippen molar-refractivity contribution in [1.29, 1.82) is 0 Å². The Balaban J connectivity index is 1.08. The second-order valence-corrected chi connectivity index (χ2v) is 16.7. The number of nitrogens with zero attached hydrogens (tertiary/aromatic N) is 2. The van der Waals surface area contributed by atoms with Crippen molar-refractivity contribution < 1.29 is 19.5 Å². The van der Waals surface area contributed by atoms with Crippen molar-refractivity contribution in [3.05, 3.63) is 11.8 Å². The first-order valence-electron chi connectivity index (χ1n) is 17.4. The fourth-order valence-electron chi connectivity index (χ4n) is 10.8. The Labute approximate surface area is 265 Å². The minimum absolute atomic E-state index is 0.0551. The number of amides is 3. The highest BCUT2D eigenvalue weighted by atomic mass is 79.9. The summed E-state index contributed by atoms with van der Waals surface area (Å²) >= 11 is 3.86. The summed E-state index contributed by atoms with van der Waals surface area (Å²) < 4.78 is 0.